The number of amides is 2. The lowest BCUT2D eigenvalue weighted by Crippen LogP contribution is -3.16. The predicted octanol–water partition coefficient (Wildman–Crippen LogP) is 0.800. The number of likely N-dealkylation sites (tertiary alicyclic amines) is 1. The summed E-state index contributed by atoms with van der Waals surface area (Å²) in [5, 5.41) is 10.8. The number of quaternary nitrogens is 1. The van der Waals surface area contributed by atoms with Crippen LogP contribution in [0.4, 0.5) is 11.4 Å². The zero-order valence-corrected chi connectivity index (χ0v) is 16.0. The fourth-order valence-electron chi connectivity index (χ4n) is 4.04. The van der Waals surface area contributed by atoms with Crippen LogP contribution in [0.2, 0.25) is 0 Å². The quantitative estimate of drug-likeness (QED) is 0.460. The molecule has 2 fully saturated rings. The van der Waals surface area contributed by atoms with Crippen LogP contribution in [0.25, 0.3) is 0 Å². The summed E-state index contributed by atoms with van der Waals surface area (Å²) in [6.07, 6.45) is 0.241. The highest BCUT2D eigenvalue weighted by Gasteiger charge is 2.41. The number of nitrogens with one attached hydrogen (secondary N) is 1. The molecule has 0 bridgehead atoms. The zero-order chi connectivity index (χ0) is 20.4. The number of nitro benzene ring substituents is 1. The van der Waals surface area contributed by atoms with E-state index in [1.165, 1.54) is 21.9 Å². The molecule has 150 valence electrons. The highest BCUT2D eigenvalue weighted by atomic mass is 16.6. The lowest BCUT2D eigenvalue weighted by Gasteiger charge is -2.34. The van der Waals surface area contributed by atoms with Gasteiger partial charge in [0.2, 0.25) is 11.8 Å². The third kappa shape index (κ3) is 3.97. The van der Waals surface area contributed by atoms with Gasteiger partial charge in [-0.2, -0.15) is 0 Å². The monoisotopic (exact) mass is 395 g/mol. The summed E-state index contributed by atoms with van der Waals surface area (Å²) < 4.78 is 0. The SMILES string of the molecule is O=C1C[C@@H](c2ccccc2)C(=O)N1C[NH+]1CCN(c2ccc([N+](=O)[O-])cc2)CC1. The minimum atomic E-state index is -0.404. The van der Waals surface area contributed by atoms with Crippen molar-refractivity contribution in [2.45, 2.75) is 12.3 Å². The van der Waals surface area contributed by atoms with Gasteiger partial charge < -0.3 is 9.80 Å². The standard InChI is InChI=1S/C21H22N4O4/c26-20-14-19(16-4-2-1-3-5-16)21(27)24(20)15-22-10-12-23(13-11-22)17-6-8-18(9-7-17)25(28)29/h1-9,19H,10-15H2/p+1/t19-/m0/s1. The number of benzene rings is 2. The van der Waals surface area contributed by atoms with E-state index < -0.39 is 4.92 Å². The smallest absolute Gasteiger partial charge is 0.269 e. The van der Waals surface area contributed by atoms with Crippen LogP contribution < -0.4 is 9.80 Å². The van der Waals surface area contributed by atoms with Gasteiger partial charge in [-0.1, -0.05) is 30.3 Å². The van der Waals surface area contributed by atoms with Gasteiger partial charge in [0.25, 0.3) is 5.69 Å². The van der Waals surface area contributed by atoms with Crippen LogP contribution >= 0.6 is 0 Å². The molecule has 2 aromatic rings. The molecule has 0 saturated carbocycles. The molecule has 0 aromatic heterocycles. The average Bonchev–Trinajstić information content (AvgIpc) is 3.03. The maximum absolute atomic E-state index is 12.8. The highest BCUT2D eigenvalue weighted by Crippen LogP contribution is 2.28. The molecule has 2 aliphatic heterocycles. The zero-order valence-electron chi connectivity index (χ0n) is 16.0. The molecule has 2 saturated heterocycles. The summed E-state index contributed by atoms with van der Waals surface area (Å²) in [4.78, 5) is 40.4. The predicted molar refractivity (Wildman–Crippen MR) is 107 cm³/mol. The Balaban J connectivity index is 1.34. The minimum Gasteiger partial charge on any atom is -0.360 e. The molecule has 1 atom stereocenters. The molecule has 2 heterocycles. The van der Waals surface area contributed by atoms with E-state index in [0.717, 1.165) is 37.4 Å². The van der Waals surface area contributed by atoms with Crippen LogP contribution in [0.3, 0.4) is 0 Å². The summed E-state index contributed by atoms with van der Waals surface area (Å²) in [7, 11) is 0. The molecule has 8 heteroatoms. The largest absolute Gasteiger partial charge is 0.360 e. The topological polar surface area (TPSA) is 88.2 Å². The first-order valence-corrected chi connectivity index (χ1v) is 9.75. The number of carbonyl (C=O) groups is 2. The number of imide groups is 1. The second kappa shape index (κ2) is 8.00. The van der Waals surface area contributed by atoms with Crippen molar-refractivity contribution in [3.05, 3.63) is 70.3 Å². The Morgan fingerprint density at radius 1 is 1.00 bits per heavy atom. The van der Waals surface area contributed by atoms with Crippen LogP contribution in [-0.4, -0.2) is 54.5 Å². The van der Waals surface area contributed by atoms with Gasteiger partial charge in [-0.3, -0.25) is 19.7 Å². The van der Waals surface area contributed by atoms with E-state index in [1.54, 1.807) is 12.1 Å². The Labute approximate surface area is 168 Å². The molecule has 2 amide bonds. The summed E-state index contributed by atoms with van der Waals surface area (Å²) in [5.74, 6) is -0.579. The number of anilines is 1. The first-order chi connectivity index (χ1) is 14.0. The normalized spacial score (nSPS) is 20.3. The van der Waals surface area contributed by atoms with E-state index in [1.807, 2.05) is 30.3 Å². The van der Waals surface area contributed by atoms with Crippen molar-refractivity contribution in [2.75, 3.05) is 37.7 Å². The Kier molecular flexibility index (Phi) is 5.26. The molecule has 4 rings (SSSR count). The van der Waals surface area contributed by atoms with Crippen molar-refractivity contribution < 1.29 is 19.4 Å². The fourth-order valence-corrected chi connectivity index (χ4v) is 4.04. The number of hydrogen-bond donors (Lipinski definition) is 1. The van der Waals surface area contributed by atoms with Crippen molar-refractivity contribution >= 4 is 23.2 Å². The summed E-state index contributed by atoms with van der Waals surface area (Å²) in [5.41, 5.74) is 1.93. The Morgan fingerprint density at radius 3 is 2.28 bits per heavy atom. The van der Waals surface area contributed by atoms with Crippen LogP contribution in [0.1, 0.15) is 17.9 Å². The van der Waals surface area contributed by atoms with Gasteiger partial charge in [-0.15, -0.1) is 0 Å². The lowest BCUT2D eigenvalue weighted by molar-refractivity contribution is -0.907. The van der Waals surface area contributed by atoms with E-state index in [2.05, 4.69) is 4.90 Å². The fraction of sp³-hybridized carbons (Fsp3) is 0.333. The molecule has 2 aromatic carbocycles. The minimum absolute atomic E-state index is 0.0806. The van der Waals surface area contributed by atoms with Gasteiger partial charge in [0.1, 0.15) is 0 Å². The van der Waals surface area contributed by atoms with Crippen molar-refractivity contribution in [3.63, 3.8) is 0 Å². The van der Waals surface area contributed by atoms with Gasteiger partial charge in [0, 0.05) is 24.2 Å². The van der Waals surface area contributed by atoms with Gasteiger partial charge in [-0.05, 0) is 17.7 Å². The Bertz CT molecular complexity index is 908. The molecule has 2 aliphatic rings. The Morgan fingerprint density at radius 2 is 1.66 bits per heavy atom. The molecule has 0 unspecified atom stereocenters. The number of hydrogen-bond acceptors (Lipinski definition) is 5. The summed E-state index contributed by atoms with van der Waals surface area (Å²) in [6, 6.07) is 16.0. The molecule has 8 nitrogen and oxygen atoms in total. The van der Waals surface area contributed by atoms with Crippen molar-refractivity contribution in [3.8, 4) is 0 Å². The van der Waals surface area contributed by atoms with E-state index in [9.17, 15) is 19.7 Å². The number of piperazine rings is 1. The molecule has 0 spiro atoms. The molecule has 29 heavy (non-hydrogen) atoms. The van der Waals surface area contributed by atoms with E-state index in [-0.39, 0.29) is 29.8 Å². The van der Waals surface area contributed by atoms with Gasteiger partial charge in [0.15, 0.2) is 6.67 Å². The van der Waals surface area contributed by atoms with E-state index in [0.29, 0.717) is 6.67 Å². The molecule has 1 N–H and O–H groups in total. The molecule has 0 radical (unpaired) electrons. The maximum Gasteiger partial charge on any atom is 0.269 e. The number of nitrogens with zero attached hydrogens (tertiary/aromatic N) is 3. The number of non-ortho nitro benzene ring substituents is 1. The van der Waals surface area contributed by atoms with Crippen molar-refractivity contribution in [1.82, 2.24) is 4.90 Å². The lowest BCUT2D eigenvalue weighted by atomic mass is 9.98. The van der Waals surface area contributed by atoms with Crippen LogP contribution in [0, 0.1) is 10.1 Å². The summed E-state index contributed by atoms with van der Waals surface area (Å²) in [6.45, 7) is 3.53. The first kappa shape index (κ1) is 19.1. The van der Waals surface area contributed by atoms with Crippen molar-refractivity contribution in [2.24, 2.45) is 0 Å². The third-order valence-electron chi connectivity index (χ3n) is 5.72. The second-order valence-electron chi connectivity index (χ2n) is 7.50. The molecular weight excluding hydrogens is 372 g/mol. The maximum atomic E-state index is 12.8. The van der Waals surface area contributed by atoms with Gasteiger partial charge >= 0.3 is 0 Å². The van der Waals surface area contributed by atoms with Crippen LogP contribution in [0.5, 0.6) is 0 Å². The van der Waals surface area contributed by atoms with Crippen LogP contribution in [0.15, 0.2) is 54.6 Å². The second-order valence-corrected chi connectivity index (χ2v) is 7.50. The van der Waals surface area contributed by atoms with Crippen molar-refractivity contribution in [1.29, 1.82) is 0 Å². The van der Waals surface area contributed by atoms with E-state index in [4.69, 9.17) is 0 Å². The molecular formula is C21H23N4O4+. The van der Waals surface area contributed by atoms with Gasteiger partial charge in [0.05, 0.1) is 37.0 Å². The van der Waals surface area contributed by atoms with E-state index >= 15 is 0 Å². The third-order valence-corrected chi connectivity index (χ3v) is 5.72. The number of rotatable bonds is 5. The summed E-state index contributed by atoms with van der Waals surface area (Å²) >= 11 is 0. The average molecular weight is 395 g/mol. The van der Waals surface area contributed by atoms with Crippen LogP contribution in [-0.2, 0) is 9.59 Å². The highest BCUT2D eigenvalue weighted by molar-refractivity contribution is 6.06. The molecule has 0 aliphatic carbocycles. The Hall–Kier alpha value is -3.26. The number of nitro groups is 1. The number of carbonyl (C=O) groups excluding carboxylic acids is 2. The first-order valence-electron chi connectivity index (χ1n) is 9.75. The van der Waals surface area contributed by atoms with Gasteiger partial charge in [-0.25, -0.2) is 4.90 Å².